The number of hydrogen-bond donors (Lipinski definition) is 3. The van der Waals surface area contributed by atoms with Gasteiger partial charge in [0.05, 0.1) is 11.1 Å². The molecule has 0 fully saturated rings. The number of benzene rings is 1. The Morgan fingerprint density at radius 2 is 2.12 bits per heavy atom. The largest absolute Gasteiger partial charge is 0.480 e. The van der Waals surface area contributed by atoms with Gasteiger partial charge in [0.25, 0.3) is 5.91 Å². The molecule has 0 radical (unpaired) electrons. The van der Waals surface area contributed by atoms with E-state index in [9.17, 15) is 14.0 Å². The second kappa shape index (κ2) is 5.74. The van der Waals surface area contributed by atoms with E-state index in [2.05, 4.69) is 21.2 Å². The lowest BCUT2D eigenvalue weighted by molar-refractivity contribution is -0.140. The summed E-state index contributed by atoms with van der Waals surface area (Å²) in [5, 5.41) is 19.4. The summed E-state index contributed by atoms with van der Waals surface area (Å²) in [6, 6.07) is 2.13. The van der Waals surface area contributed by atoms with Crippen molar-refractivity contribution in [3.8, 4) is 0 Å². The summed E-state index contributed by atoms with van der Waals surface area (Å²) in [6.45, 7) is -0.719. The molecule has 1 aromatic carbocycles. The van der Waals surface area contributed by atoms with Crippen LogP contribution in [0.15, 0.2) is 22.7 Å². The number of halogens is 2. The fraction of sp³-hybridized carbons (Fsp3) is 0.200. The highest BCUT2D eigenvalue weighted by molar-refractivity contribution is 9.10. The molecule has 0 aromatic heterocycles. The number of aliphatic hydroxyl groups excluding tert-OH is 1. The highest BCUT2D eigenvalue weighted by atomic mass is 79.9. The monoisotopic (exact) mass is 305 g/mol. The number of aliphatic hydroxyl groups is 1. The smallest absolute Gasteiger partial charge is 0.328 e. The molecule has 0 aliphatic carbocycles. The Balaban J connectivity index is 2.82. The Morgan fingerprint density at radius 1 is 1.47 bits per heavy atom. The van der Waals surface area contributed by atoms with E-state index in [1.54, 1.807) is 0 Å². The van der Waals surface area contributed by atoms with Crippen molar-refractivity contribution in [2.24, 2.45) is 0 Å². The lowest BCUT2D eigenvalue weighted by Gasteiger charge is -2.11. The zero-order valence-electron chi connectivity index (χ0n) is 8.48. The minimum Gasteiger partial charge on any atom is -0.480 e. The molecule has 5 nitrogen and oxygen atoms in total. The molecule has 1 amide bonds. The third-order valence-corrected chi connectivity index (χ3v) is 2.58. The summed E-state index contributed by atoms with van der Waals surface area (Å²) in [5.74, 6) is -2.58. The Kier molecular flexibility index (Phi) is 4.59. The van der Waals surface area contributed by atoms with Gasteiger partial charge in [0.1, 0.15) is 5.82 Å². The van der Waals surface area contributed by atoms with Gasteiger partial charge in [-0.2, -0.15) is 0 Å². The van der Waals surface area contributed by atoms with Crippen molar-refractivity contribution in [3.63, 3.8) is 0 Å². The van der Waals surface area contributed by atoms with Crippen LogP contribution in [-0.2, 0) is 4.79 Å². The minimum atomic E-state index is -1.38. The summed E-state index contributed by atoms with van der Waals surface area (Å²) in [6.07, 6.45) is 0. The normalized spacial score (nSPS) is 11.9. The van der Waals surface area contributed by atoms with E-state index in [4.69, 9.17) is 10.2 Å². The number of hydrogen-bond acceptors (Lipinski definition) is 3. The fourth-order valence-electron chi connectivity index (χ4n) is 1.06. The van der Waals surface area contributed by atoms with Crippen molar-refractivity contribution >= 4 is 27.8 Å². The first-order chi connectivity index (χ1) is 7.95. The van der Waals surface area contributed by atoms with Gasteiger partial charge in [-0.05, 0) is 34.1 Å². The maximum absolute atomic E-state index is 12.9. The van der Waals surface area contributed by atoms with Gasteiger partial charge >= 0.3 is 5.97 Å². The van der Waals surface area contributed by atoms with Crippen LogP contribution in [-0.4, -0.2) is 34.7 Å². The molecule has 3 N–H and O–H groups in total. The van der Waals surface area contributed by atoms with E-state index in [0.29, 0.717) is 0 Å². The van der Waals surface area contributed by atoms with Gasteiger partial charge in [-0.15, -0.1) is 0 Å². The van der Waals surface area contributed by atoms with Gasteiger partial charge < -0.3 is 15.5 Å². The maximum atomic E-state index is 12.9. The average molecular weight is 306 g/mol. The van der Waals surface area contributed by atoms with Crippen LogP contribution in [0.25, 0.3) is 0 Å². The summed E-state index contributed by atoms with van der Waals surface area (Å²) in [7, 11) is 0. The summed E-state index contributed by atoms with van der Waals surface area (Å²) in [4.78, 5) is 22.1. The topological polar surface area (TPSA) is 86.6 Å². The van der Waals surface area contributed by atoms with Gasteiger partial charge in [-0.25, -0.2) is 9.18 Å². The van der Waals surface area contributed by atoms with E-state index in [1.165, 1.54) is 12.1 Å². The number of carbonyl (C=O) groups excluding carboxylic acids is 1. The van der Waals surface area contributed by atoms with Gasteiger partial charge in [-0.3, -0.25) is 4.79 Å². The van der Waals surface area contributed by atoms with Gasteiger partial charge in [-0.1, -0.05) is 0 Å². The van der Waals surface area contributed by atoms with Crippen molar-refractivity contribution in [1.29, 1.82) is 0 Å². The fourth-order valence-corrected chi connectivity index (χ4v) is 1.44. The molecule has 1 aromatic rings. The van der Waals surface area contributed by atoms with Crippen molar-refractivity contribution in [2.45, 2.75) is 6.04 Å². The quantitative estimate of drug-likeness (QED) is 0.766. The first-order valence-corrected chi connectivity index (χ1v) is 5.34. The number of carbonyl (C=O) groups is 2. The molecule has 17 heavy (non-hydrogen) atoms. The van der Waals surface area contributed by atoms with Crippen LogP contribution in [0.5, 0.6) is 0 Å². The molecule has 1 atom stereocenters. The minimum absolute atomic E-state index is 0.0953. The van der Waals surface area contributed by atoms with Crippen molar-refractivity contribution in [3.05, 3.63) is 34.1 Å². The van der Waals surface area contributed by atoms with Crippen LogP contribution in [0, 0.1) is 5.82 Å². The Morgan fingerprint density at radius 3 is 2.59 bits per heavy atom. The molecule has 0 aliphatic heterocycles. The molecule has 92 valence electrons. The van der Waals surface area contributed by atoms with Gasteiger partial charge in [0, 0.05) is 5.56 Å². The summed E-state index contributed by atoms with van der Waals surface area (Å²) < 4.78 is 13.0. The Labute approximate surface area is 104 Å². The first-order valence-electron chi connectivity index (χ1n) is 4.55. The molecule has 7 heteroatoms. The number of carboxylic acid groups (broad SMARTS) is 1. The Bertz CT molecular complexity index is 452. The number of carboxylic acids is 1. The number of amides is 1. The van der Waals surface area contributed by atoms with Crippen LogP contribution >= 0.6 is 15.9 Å². The lowest BCUT2D eigenvalue weighted by Crippen LogP contribution is -2.43. The molecule has 0 unspecified atom stereocenters. The third kappa shape index (κ3) is 3.50. The van der Waals surface area contributed by atoms with E-state index in [-0.39, 0.29) is 10.0 Å². The second-order valence-corrected chi connectivity index (χ2v) is 4.03. The van der Waals surface area contributed by atoms with Crippen molar-refractivity contribution < 1.29 is 24.2 Å². The van der Waals surface area contributed by atoms with E-state index >= 15 is 0 Å². The molecule has 0 bridgehead atoms. The lowest BCUT2D eigenvalue weighted by atomic mass is 10.2. The van der Waals surface area contributed by atoms with Crippen molar-refractivity contribution in [2.75, 3.05) is 6.61 Å². The van der Waals surface area contributed by atoms with Crippen LogP contribution in [0.2, 0.25) is 0 Å². The third-order valence-electron chi connectivity index (χ3n) is 1.97. The Hall–Kier alpha value is -1.47. The highest BCUT2D eigenvalue weighted by Gasteiger charge is 2.19. The number of rotatable bonds is 4. The standard InChI is InChI=1S/C10H9BrFNO4/c11-6-3-5(1-2-7(6)12)9(15)13-8(4-14)10(16)17/h1-3,8,14H,4H2,(H,13,15)(H,16,17)/t8-/m0/s1. The molecule has 1 rings (SSSR count). The molecular formula is C10H9BrFNO4. The van der Waals surface area contributed by atoms with E-state index < -0.39 is 30.3 Å². The molecule has 0 saturated carbocycles. The molecule has 0 spiro atoms. The van der Waals surface area contributed by atoms with Crippen LogP contribution < -0.4 is 5.32 Å². The zero-order chi connectivity index (χ0) is 13.0. The second-order valence-electron chi connectivity index (χ2n) is 3.18. The van der Waals surface area contributed by atoms with Crippen LogP contribution in [0.1, 0.15) is 10.4 Å². The van der Waals surface area contributed by atoms with Gasteiger partial charge in [0.15, 0.2) is 6.04 Å². The van der Waals surface area contributed by atoms with Crippen LogP contribution in [0.3, 0.4) is 0 Å². The maximum Gasteiger partial charge on any atom is 0.328 e. The average Bonchev–Trinajstić information content (AvgIpc) is 2.28. The van der Waals surface area contributed by atoms with Gasteiger partial charge in [0.2, 0.25) is 0 Å². The molecule has 0 heterocycles. The molecule has 0 aliphatic rings. The number of aliphatic carboxylic acids is 1. The van der Waals surface area contributed by atoms with E-state index in [0.717, 1.165) is 6.07 Å². The molecular weight excluding hydrogens is 297 g/mol. The predicted octanol–water partition coefficient (Wildman–Crippen LogP) is 0.763. The SMILES string of the molecule is O=C(N[C@@H](CO)C(=O)O)c1ccc(F)c(Br)c1. The van der Waals surface area contributed by atoms with Crippen molar-refractivity contribution in [1.82, 2.24) is 5.32 Å². The zero-order valence-corrected chi connectivity index (χ0v) is 10.1. The van der Waals surface area contributed by atoms with E-state index in [1.807, 2.05) is 0 Å². The molecule has 0 saturated heterocycles. The first kappa shape index (κ1) is 13.6. The number of nitrogens with one attached hydrogen (secondary N) is 1. The summed E-state index contributed by atoms with van der Waals surface area (Å²) in [5.41, 5.74) is 0.0953. The summed E-state index contributed by atoms with van der Waals surface area (Å²) >= 11 is 2.91. The predicted molar refractivity (Wildman–Crippen MR) is 60.1 cm³/mol. The highest BCUT2D eigenvalue weighted by Crippen LogP contribution is 2.16. The van der Waals surface area contributed by atoms with Crippen LogP contribution in [0.4, 0.5) is 4.39 Å².